The van der Waals surface area contributed by atoms with Gasteiger partial charge in [-0.3, -0.25) is 4.79 Å². The van der Waals surface area contributed by atoms with Gasteiger partial charge in [0.1, 0.15) is 17.3 Å². The van der Waals surface area contributed by atoms with Gasteiger partial charge >= 0.3 is 0 Å². The van der Waals surface area contributed by atoms with Crippen LogP contribution in [0.15, 0.2) is 82.2 Å². The highest BCUT2D eigenvalue weighted by Crippen LogP contribution is 2.33. The van der Waals surface area contributed by atoms with Gasteiger partial charge in [0.15, 0.2) is 6.61 Å². The van der Waals surface area contributed by atoms with Crippen LogP contribution in [0.5, 0.6) is 11.5 Å². The number of hydrogen-bond acceptors (Lipinski definition) is 6. The Balaban J connectivity index is 1.48. The summed E-state index contributed by atoms with van der Waals surface area (Å²) in [4.78, 5) is 17.1. The number of carbonyl (C=O) groups is 1. The van der Waals surface area contributed by atoms with Crippen molar-refractivity contribution in [3.8, 4) is 22.8 Å². The maximum Gasteiger partial charge on any atom is 0.262 e. The Hall–Kier alpha value is -4.24. The van der Waals surface area contributed by atoms with Gasteiger partial charge in [-0.1, -0.05) is 13.8 Å². The predicted octanol–water partition coefficient (Wildman–Crippen LogP) is 6.23. The number of ether oxygens (including phenoxy) is 2. The van der Waals surface area contributed by atoms with Crippen LogP contribution in [0.25, 0.3) is 11.3 Å². The second-order valence-corrected chi connectivity index (χ2v) is 10.0. The van der Waals surface area contributed by atoms with Crippen molar-refractivity contribution in [1.82, 2.24) is 4.68 Å². The highest BCUT2D eigenvalue weighted by molar-refractivity contribution is 7.07. The number of carbonyl (C=O) groups excluding carboxylic acids is 1. The normalized spacial score (nSPS) is 13.5. The van der Waals surface area contributed by atoms with E-state index in [1.54, 1.807) is 23.0 Å². The van der Waals surface area contributed by atoms with Crippen molar-refractivity contribution in [1.29, 1.82) is 0 Å². The fourth-order valence-corrected chi connectivity index (χ4v) is 4.60. The molecule has 7 nitrogen and oxygen atoms in total. The van der Waals surface area contributed by atoms with Crippen LogP contribution in [0.1, 0.15) is 25.8 Å². The number of thiazole rings is 1. The Bertz CT molecular complexity index is 1520. The molecule has 1 aromatic heterocycles. The van der Waals surface area contributed by atoms with E-state index in [0.29, 0.717) is 34.5 Å². The lowest BCUT2D eigenvalue weighted by atomic mass is 10.1. The van der Waals surface area contributed by atoms with E-state index in [-0.39, 0.29) is 18.3 Å². The lowest BCUT2D eigenvalue weighted by Gasteiger charge is -2.18. The second-order valence-electron chi connectivity index (χ2n) is 9.20. The van der Waals surface area contributed by atoms with Gasteiger partial charge in [0.2, 0.25) is 4.80 Å². The number of rotatable bonds is 8. The highest BCUT2D eigenvalue weighted by atomic mass is 32.1. The van der Waals surface area contributed by atoms with Crippen LogP contribution in [-0.4, -0.2) is 30.0 Å². The third-order valence-corrected chi connectivity index (χ3v) is 6.63. The monoisotopic (exact) mass is 530 g/mol. The number of fused-ring (bicyclic) bond motifs is 1. The van der Waals surface area contributed by atoms with Crippen molar-refractivity contribution in [2.45, 2.75) is 20.3 Å². The maximum atomic E-state index is 13.4. The van der Waals surface area contributed by atoms with E-state index >= 15 is 0 Å². The van der Waals surface area contributed by atoms with Gasteiger partial charge in [-0.2, -0.15) is 5.10 Å². The Kier molecular flexibility index (Phi) is 7.65. The smallest absolute Gasteiger partial charge is 0.262 e. The molecule has 9 heteroatoms. The number of aromatic nitrogens is 1. The van der Waals surface area contributed by atoms with Crippen molar-refractivity contribution in [3.63, 3.8) is 0 Å². The molecule has 0 fully saturated rings. The summed E-state index contributed by atoms with van der Waals surface area (Å²) < 4.78 is 26.5. The van der Waals surface area contributed by atoms with Crippen molar-refractivity contribution >= 4 is 34.8 Å². The van der Waals surface area contributed by atoms with Crippen LogP contribution in [0.4, 0.5) is 15.8 Å². The predicted molar refractivity (Wildman–Crippen MR) is 148 cm³/mol. The van der Waals surface area contributed by atoms with Crippen LogP contribution in [0.3, 0.4) is 0 Å². The third-order valence-electron chi connectivity index (χ3n) is 5.81. The first-order chi connectivity index (χ1) is 18.4. The standard InChI is InChI=1S/C29H27FN4O3S/c1-19(2)13-14-36-24-10-3-20(4-11-24)16-31-34-26(18-38-29(34)32-23-8-6-22(30)7-9-23)21-5-12-27-25(15-21)33-28(35)17-37-27/h3-12,15-16,18-19H,13-14,17H2,1-2H3,(H,33,35)/b31-16+,32-29?. The summed E-state index contributed by atoms with van der Waals surface area (Å²) in [6, 6.07) is 19.3. The zero-order valence-electron chi connectivity index (χ0n) is 21.1. The quantitative estimate of drug-likeness (QED) is 0.275. The summed E-state index contributed by atoms with van der Waals surface area (Å²) in [7, 11) is 0. The van der Waals surface area contributed by atoms with Crippen molar-refractivity contribution < 1.29 is 18.7 Å². The van der Waals surface area contributed by atoms with Crippen LogP contribution in [0, 0.1) is 11.7 Å². The molecule has 1 aliphatic rings. The number of amides is 1. The van der Waals surface area contributed by atoms with E-state index in [1.165, 1.54) is 23.5 Å². The molecule has 1 aliphatic heterocycles. The molecule has 2 heterocycles. The number of nitrogens with one attached hydrogen (secondary N) is 1. The first-order valence-corrected chi connectivity index (χ1v) is 13.2. The summed E-state index contributed by atoms with van der Waals surface area (Å²) in [6.45, 7) is 5.02. The molecule has 0 bridgehead atoms. The zero-order chi connectivity index (χ0) is 26.5. The number of halogens is 1. The highest BCUT2D eigenvalue weighted by Gasteiger charge is 2.18. The fraction of sp³-hybridized carbons (Fsp3) is 0.207. The average Bonchev–Trinajstić information content (AvgIpc) is 3.31. The summed E-state index contributed by atoms with van der Waals surface area (Å²) in [6.07, 6.45) is 2.75. The Morgan fingerprint density at radius 1 is 1.13 bits per heavy atom. The van der Waals surface area contributed by atoms with Gasteiger partial charge in [0, 0.05) is 10.9 Å². The molecule has 0 saturated heterocycles. The molecule has 0 unspecified atom stereocenters. The van der Waals surface area contributed by atoms with E-state index in [9.17, 15) is 9.18 Å². The fourth-order valence-electron chi connectivity index (χ4n) is 3.74. The summed E-state index contributed by atoms with van der Waals surface area (Å²) in [5.41, 5.74) is 3.72. The molecule has 5 rings (SSSR count). The molecule has 3 aromatic carbocycles. The van der Waals surface area contributed by atoms with Crippen LogP contribution < -0.4 is 19.6 Å². The molecule has 0 spiro atoms. The van der Waals surface area contributed by atoms with E-state index in [4.69, 9.17) is 14.6 Å². The van der Waals surface area contributed by atoms with Crippen LogP contribution in [-0.2, 0) is 4.79 Å². The molecular formula is C29H27FN4O3S. The van der Waals surface area contributed by atoms with E-state index < -0.39 is 0 Å². The molecule has 38 heavy (non-hydrogen) atoms. The van der Waals surface area contributed by atoms with E-state index in [0.717, 1.165) is 29.0 Å². The largest absolute Gasteiger partial charge is 0.494 e. The number of benzene rings is 3. The number of nitrogens with zero attached hydrogens (tertiary/aromatic N) is 3. The first-order valence-electron chi connectivity index (χ1n) is 12.3. The minimum Gasteiger partial charge on any atom is -0.494 e. The van der Waals surface area contributed by atoms with Crippen molar-refractivity contribution in [2.24, 2.45) is 16.0 Å². The van der Waals surface area contributed by atoms with Gasteiger partial charge in [0.05, 0.1) is 29.9 Å². The van der Waals surface area contributed by atoms with Gasteiger partial charge in [-0.25, -0.2) is 14.1 Å². The first kappa shape index (κ1) is 25.4. The molecule has 0 atom stereocenters. The minimum absolute atomic E-state index is 0.00263. The van der Waals surface area contributed by atoms with Crippen LogP contribution in [0.2, 0.25) is 0 Å². The zero-order valence-corrected chi connectivity index (χ0v) is 21.9. The van der Waals surface area contributed by atoms with E-state index in [2.05, 4.69) is 24.2 Å². The summed E-state index contributed by atoms with van der Waals surface area (Å²) in [5.74, 6) is 1.50. The molecular weight excluding hydrogens is 503 g/mol. The van der Waals surface area contributed by atoms with Gasteiger partial charge < -0.3 is 14.8 Å². The molecule has 1 N–H and O–H groups in total. The van der Waals surface area contributed by atoms with Crippen molar-refractivity contribution in [2.75, 3.05) is 18.5 Å². The van der Waals surface area contributed by atoms with Gasteiger partial charge in [-0.15, -0.1) is 11.3 Å². The average molecular weight is 531 g/mol. The van der Waals surface area contributed by atoms with Gasteiger partial charge in [-0.05, 0) is 84.6 Å². The lowest BCUT2D eigenvalue weighted by Crippen LogP contribution is -2.25. The molecule has 0 saturated carbocycles. The van der Waals surface area contributed by atoms with Gasteiger partial charge in [0.25, 0.3) is 5.91 Å². The second kappa shape index (κ2) is 11.4. The maximum absolute atomic E-state index is 13.4. The molecule has 1 amide bonds. The van der Waals surface area contributed by atoms with Crippen molar-refractivity contribution in [3.05, 3.63) is 88.3 Å². The van der Waals surface area contributed by atoms with E-state index in [1.807, 2.05) is 47.8 Å². The Morgan fingerprint density at radius 2 is 1.92 bits per heavy atom. The molecule has 0 radical (unpaired) electrons. The topological polar surface area (TPSA) is 77.2 Å². The Labute approximate surface area is 223 Å². The lowest BCUT2D eigenvalue weighted by molar-refractivity contribution is -0.118. The molecule has 0 aliphatic carbocycles. The van der Waals surface area contributed by atoms with Crippen LogP contribution >= 0.6 is 11.3 Å². The minimum atomic E-state index is -0.323. The summed E-state index contributed by atoms with van der Waals surface area (Å²) >= 11 is 1.41. The SMILES string of the molecule is CC(C)CCOc1ccc(/C=N/n2c(-c3ccc4c(c3)NC(=O)CO4)csc2=Nc2ccc(F)cc2)cc1. The molecule has 194 valence electrons. The Morgan fingerprint density at radius 3 is 2.68 bits per heavy atom. The number of hydrogen-bond donors (Lipinski definition) is 1. The summed E-state index contributed by atoms with van der Waals surface area (Å²) in [5, 5.41) is 9.53. The third kappa shape index (κ3) is 6.18. The number of anilines is 1. The molecule has 4 aromatic rings.